The average Bonchev–Trinajstić information content (AvgIpc) is 3.03. The fourth-order valence-corrected chi connectivity index (χ4v) is 5.32. The van der Waals surface area contributed by atoms with Crippen LogP contribution in [0.1, 0.15) is 5.56 Å². The molecule has 0 bridgehead atoms. The summed E-state index contributed by atoms with van der Waals surface area (Å²) < 4.78 is 27.5. The van der Waals surface area contributed by atoms with Crippen LogP contribution in [-0.2, 0) is 16.6 Å². The molecule has 1 aromatic heterocycles. The number of fused-ring (bicyclic) bond motifs is 1. The van der Waals surface area contributed by atoms with Crippen LogP contribution >= 0.6 is 11.6 Å². The summed E-state index contributed by atoms with van der Waals surface area (Å²) in [5.41, 5.74) is 1.68. The van der Waals surface area contributed by atoms with Gasteiger partial charge in [-0.3, -0.25) is 4.90 Å². The molecule has 0 N–H and O–H groups in total. The van der Waals surface area contributed by atoms with Gasteiger partial charge in [0, 0.05) is 44.3 Å². The summed E-state index contributed by atoms with van der Waals surface area (Å²) in [6, 6.07) is 14.2. The van der Waals surface area contributed by atoms with Crippen molar-refractivity contribution in [3.05, 3.63) is 65.3 Å². The fourth-order valence-electron chi connectivity index (χ4n) is 3.57. The van der Waals surface area contributed by atoms with Crippen molar-refractivity contribution in [3.63, 3.8) is 0 Å². The maximum absolute atomic E-state index is 13.1. The number of piperazine rings is 1. The summed E-state index contributed by atoms with van der Waals surface area (Å²) in [5.74, 6) is 0. The third-order valence-electron chi connectivity index (χ3n) is 5.13. The maximum Gasteiger partial charge on any atom is 0.268 e. The van der Waals surface area contributed by atoms with Gasteiger partial charge in [0.2, 0.25) is 0 Å². The van der Waals surface area contributed by atoms with E-state index in [1.165, 1.54) is 10.2 Å². The highest BCUT2D eigenvalue weighted by Crippen LogP contribution is 2.32. The molecule has 0 atom stereocenters. The lowest BCUT2D eigenvalue weighted by Gasteiger charge is -2.32. The minimum Gasteiger partial charge on any atom is -0.304 e. The number of hydrogen-bond acceptors (Lipinski definition) is 4. The zero-order valence-electron chi connectivity index (χ0n) is 15.2. The minimum absolute atomic E-state index is 0.253. The molecule has 0 radical (unpaired) electrons. The van der Waals surface area contributed by atoms with Crippen LogP contribution in [0.15, 0.2) is 59.6 Å². The number of rotatable bonds is 4. The molecule has 0 unspecified atom stereocenters. The van der Waals surface area contributed by atoms with Crippen LogP contribution in [0.3, 0.4) is 0 Å². The minimum atomic E-state index is -3.69. The molecule has 0 aliphatic carbocycles. The molecule has 1 aliphatic heterocycles. The van der Waals surface area contributed by atoms with Crippen molar-refractivity contribution in [2.45, 2.75) is 11.4 Å². The highest BCUT2D eigenvalue weighted by Gasteiger charge is 2.23. The van der Waals surface area contributed by atoms with Crippen molar-refractivity contribution in [3.8, 4) is 0 Å². The molecule has 4 rings (SSSR count). The van der Waals surface area contributed by atoms with Crippen molar-refractivity contribution in [1.82, 2.24) is 13.8 Å². The molecule has 2 heterocycles. The molecule has 5 nitrogen and oxygen atoms in total. The number of benzene rings is 2. The Morgan fingerprint density at radius 2 is 1.67 bits per heavy atom. The summed E-state index contributed by atoms with van der Waals surface area (Å²) in [7, 11) is -1.56. The van der Waals surface area contributed by atoms with Gasteiger partial charge >= 0.3 is 0 Å². The molecular weight excluding hydrogens is 382 g/mol. The van der Waals surface area contributed by atoms with Crippen LogP contribution in [-0.4, -0.2) is 55.4 Å². The van der Waals surface area contributed by atoms with Gasteiger partial charge in [0.25, 0.3) is 10.0 Å². The van der Waals surface area contributed by atoms with E-state index in [2.05, 4.69) is 16.8 Å². The van der Waals surface area contributed by atoms with Crippen LogP contribution < -0.4 is 0 Å². The topological polar surface area (TPSA) is 45.5 Å². The summed E-state index contributed by atoms with van der Waals surface area (Å²) in [4.78, 5) is 4.95. The molecular formula is C20H22ClN3O2S. The quantitative estimate of drug-likeness (QED) is 0.670. The number of halogens is 1. The molecule has 0 spiro atoms. The second kappa shape index (κ2) is 7.28. The number of aromatic nitrogens is 1. The number of nitrogens with zero attached hydrogens (tertiary/aromatic N) is 3. The first-order valence-corrected chi connectivity index (χ1v) is 10.8. The SMILES string of the molecule is CN1CCN(Cc2cccc3c2c(Cl)cn3S(=O)(=O)c2ccccc2)CC1. The molecule has 2 aromatic carbocycles. The molecule has 27 heavy (non-hydrogen) atoms. The second-order valence-corrected chi connectivity index (χ2v) is 9.20. The van der Waals surface area contributed by atoms with Gasteiger partial charge in [-0.1, -0.05) is 41.9 Å². The largest absolute Gasteiger partial charge is 0.304 e. The van der Waals surface area contributed by atoms with E-state index >= 15 is 0 Å². The van der Waals surface area contributed by atoms with E-state index < -0.39 is 10.0 Å². The molecule has 1 fully saturated rings. The Hall–Kier alpha value is -1.86. The van der Waals surface area contributed by atoms with Gasteiger partial charge in [0.05, 0.1) is 15.4 Å². The number of hydrogen-bond donors (Lipinski definition) is 0. The van der Waals surface area contributed by atoms with E-state index in [-0.39, 0.29) is 4.90 Å². The first kappa shape index (κ1) is 18.5. The first-order valence-electron chi connectivity index (χ1n) is 8.97. The Kier molecular flexibility index (Phi) is 4.99. The highest BCUT2D eigenvalue weighted by atomic mass is 35.5. The number of likely N-dealkylation sites (N-methyl/N-ethyl adjacent to an activating group) is 1. The van der Waals surface area contributed by atoms with Gasteiger partial charge in [-0.15, -0.1) is 0 Å². The van der Waals surface area contributed by atoms with Gasteiger partial charge in [-0.05, 0) is 30.8 Å². The Balaban J connectivity index is 1.75. The lowest BCUT2D eigenvalue weighted by molar-refractivity contribution is 0.148. The Bertz CT molecular complexity index is 1060. The zero-order chi connectivity index (χ0) is 19.0. The monoisotopic (exact) mass is 403 g/mol. The lowest BCUT2D eigenvalue weighted by atomic mass is 10.1. The molecule has 1 saturated heterocycles. The Labute approximate surface area is 164 Å². The predicted molar refractivity (Wildman–Crippen MR) is 109 cm³/mol. The van der Waals surface area contributed by atoms with Crippen LogP contribution in [0.2, 0.25) is 5.02 Å². The summed E-state index contributed by atoms with van der Waals surface area (Å²) in [5, 5.41) is 1.28. The Morgan fingerprint density at radius 1 is 0.963 bits per heavy atom. The van der Waals surface area contributed by atoms with Gasteiger partial charge in [-0.25, -0.2) is 12.4 Å². The zero-order valence-corrected chi connectivity index (χ0v) is 16.7. The Morgan fingerprint density at radius 3 is 2.37 bits per heavy atom. The van der Waals surface area contributed by atoms with Crippen LogP contribution in [0.25, 0.3) is 10.9 Å². The normalized spacial score (nSPS) is 16.8. The molecule has 1 aliphatic rings. The molecule has 3 aromatic rings. The first-order chi connectivity index (χ1) is 13.0. The molecule has 0 amide bonds. The highest BCUT2D eigenvalue weighted by molar-refractivity contribution is 7.90. The van der Waals surface area contributed by atoms with Crippen LogP contribution in [0, 0.1) is 0 Å². The van der Waals surface area contributed by atoms with Crippen molar-refractivity contribution < 1.29 is 8.42 Å². The van der Waals surface area contributed by atoms with Gasteiger partial charge in [0.15, 0.2) is 0 Å². The smallest absolute Gasteiger partial charge is 0.268 e. The standard InChI is InChI=1S/C20H22ClN3O2S/c1-22-10-12-23(13-11-22)14-16-6-5-9-19-20(16)18(21)15-24(19)27(25,26)17-7-3-2-4-8-17/h2-9,15H,10-14H2,1H3. The van der Waals surface area contributed by atoms with Crippen LogP contribution in [0.4, 0.5) is 0 Å². The van der Waals surface area contributed by atoms with Gasteiger partial charge in [0.1, 0.15) is 0 Å². The van der Waals surface area contributed by atoms with Crippen LogP contribution in [0.5, 0.6) is 0 Å². The second-order valence-electron chi connectivity index (χ2n) is 6.98. The van der Waals surface area contributed by atoms with E-state index in [0.29, 0.717) is 10.5 Å². The molecule has 0 saturated carbocycles. The molecule has 142 valence electrons. The predicted octanol–water partition coefficient (Wildman–Crippen LogP) is 3.28. The lowest BCUT2D eigenvalue weighted by Crippen LogP contribution is -2.43. The average molecular weight is 404 g/mol. The van der Waals surface area contributed by atoms with Crippen molar-refractivity contribution in [1.29, 1.82) is 0 Å². The van der Waals surface area contributed by atoms with Gasteiger partial charge < -0.3 is 4.90 Å². The van der Waals surface area contributed by atoms with E-state index in [0.717, 1.165) is 43.7 Å². The summed E-state index contributed by atoms with van der Waals surface area (Å²) >= 11 is 6.51. The third kappa shape index (κ3) is 3.50. The van der Waals surface area contributed by atoms with Crippen molar-refractivity contribution >= 4 is 32.5 Å². The van der Waals surface area contributed by atoms with E-state index in [4.69, 9.17) is 11.6 Å². The summed E-state index contributed by atoms with van der Waals surface area (Å²) in [6.07, 6.45) is 1.52. The fraction of sp³-hybridized carbons (Fsp3) is 0.300. The van der Waals surface area contributed by atoms with E-state index in [1.54, 1.807) is 30.3 Å². The third-order valence-corrected chi connectivity index (χ3v) is 7.10. The van der Waals surface area contributed by atoms with Crippen molar-refractivity contribution in [2.75, 3.05) is 33.2 Å². The van der Waals surface area contributed by atoms with Crippen molar-refractivity contribution in [2.24, 2.45) is 0 Å². The van der Waals surface area contributed by atoms with E-state index in [9.17, 15) is 8.42 Å². The summed E-state index contributed by atoms with van der Waals surface area (Å²) in [6.45, 7) is 4.82. The van der Waals surface area contributed by atoms with Gasteiger partial charge in [-0.2, -0.15) is 0 Å². The maximum atomic E-state index is 13.1. The van der Waals surface area contributed by atoms with E-state index in [1.807, 2.05) is 18.2 Å². The molecule has 7 heteroatoms.